The highest BCUT2D eigenvalue weighted by molar-refractivity contribution is 7.71. The summed E-state index contributed by atoms with van der Waals surface area (Å²) in [4.78, 5) is 0. The molecule has 26 heavy (non-hydrogen) atoms. The van der Waals surface area contributed by atoms with Crippen LogP contribution in [0.5, 0.6) is 11.5 Å². The number of benzene rings is 2. The highest BCUT2D eigenvalue weighted by Gasteiger charge is 2.07. The third-order valence-electron chi connectivity index (χ3n) is 3.97. The molecule has 134 valence electrons. The molecule has 0 saturated carbocycles. The Morgan fingerprint density at radius 1 is 1.19 bits per heavy atom. The summed E-state index contributed by atoms with van der Waals surface area (Å²) in [6.07, 6.45) is 1.70. The first-order valence-corrected chi connectivity index (χ1v) is 8.53. The molecule has 1 aromatic heterocycles. The van der Waals surface area contributed by atoms with Gasteiger partial charge in [0.2, 0.25) is 4.77 Å². The van der Waals surface area contributed by atoms with Crippen LogP contribution in [0.25, 0.3) is 0 Å². The molecule has 0 aliphatic carbocycles. The molecule has 3 rings (SSSR count). The Balaban J connectivity index is 1.77. The standard InChI is InChI=1S/C19H20N4O2S/c1-13-6-4-5-7-16(13)12-25-17-9-8-15(10-18(17)24-3)11-20-23-14(2)21-22-19(23)26/h4-11H,12H2,1-3H3,(H,22,26)/b20-11-. The minimum Gasteiger partial charge on any atom is -0.493 e. The maximum Gasteiger partial charge on any atom is 0.216 e. The van der Waals surface area contributed by atoms with E-state index in [0.29, 0.717) is 28.7 Å². The number of hydrogen-bond acceptors (Lipinski definition) is 5. The van der Waals surface area contributed by atoms with Gasteiger partial charge >= 0.3 is 0 Å². The van der Waals surface area contributed by atoms with Crippen LogP contribution in [0, 0.1) is 18.6 Å². The van der Waals surface area contributed by atoms with Crippen LogP contribution in [0.15, 0.2) is 47.6 Å². The number of aromatic amines is 1. The summed E-state index contributed by atoms with van der Waals surface area (Å²) in [7, 11) is 1.62. The highest BCUT2D eigenvalue weighted by Crippen LogP contribution is 2.28. The molecule has 6 nitrogen and oxygen atoms in total. The second-order valence-electron chi connectivity index (χ2n) is 5.76. The van der Waals surface area contributed by atoms with Crippen molar-refractivity contribution in [3.05, 3.63) is 69.8 Å². The lowest BCUT2D eigenvalue weighted by molar-refractivity contribution is 0.284. The molecule has 0 unspecified atom stereocenters. The summed E-state index contributed by atoms with van der Waals surface area (Å²) in [5.74, 6) is 2.02. The number of methoxy groups -OCH3 is 1. The monoisotopic (exact) mass is 368 g/mol. The first kappa shape index (κ1) is 17.9. The molecular weight excluding hydrogens is 348 g/mol. The fourth-order valence-corrected chi connectivity index (χ4v) is 2.67. The van der Waals surface area contributed by atoms with Gasteiger partial charge in [0, 0.05) is 0 Å². The molecule has 0 radical (unpaired) electrons. The van der Waals surface area contributed by atoms with E-state index in [1.165, 1.54) is 5.56 Å². The molecule has 0 atom stereocenters. The maximum atomic E-state index is 5.93. The average molecular weight is 368 g/mol. The van der Waals surface area contributed by atoms with Crippen LogP contribution < -0.4 is 9.47 Å². The number of aromatic nitrogens is 3. The first-order chi connectivity index (χ1) is 12.6. The van der Waals surface area contributed by atoms with Gasteiger partial charge in [-0.1, -0.05) is 24.3 Å². The fraction of sp³-hybridized carbons (Fsp3) is 0.211. The van der Waals surface area contributed by atoms with Crippen molar-refractivity contribution < 1.29 is 9.47 Å². The van der Waals surface area contributed by atoms with Crippen LogP contribution in [-0.2, 0) is 6.61 Å². The molecule has 3 aromatic rings. The van der Waals surface area contributed by atoms with Crippen LogP contribution in [-0.4, -0.2) is 28.2 Å². The SMILES string of the molecule is COc1cc(/C=N\n2c(C)n[nH]c2=S)ccc1OCc1ccccc1C. The Labute approximate surface area is 157 Å². The van der Waals surface area contributed by atoms with Gasteiger partial charge in [-0.3, -0.25) is 5.10 Å². The Morgan fingerprint density at radius 3 is 2.69 bits per heavy atom. The van der Waals surface area contributed by atoms with Crippen LogP contribution in [0.1, 0.15) is 22.5 Å². The van der Waals surface area contributed by atoms with Gasteiger partial charge in [-0.05, 0) is 61.0 Å². The van der Waals surface area contributed by atoms with Gasteiger partial charge in [0.25, 0.3) is 0 Å². The Hall–Kier alpha value is -2.93. The van der Waals surface area contributed by atoms with E-state index in [4.69, 9.17) is 21.7 Å². The zero-order valence-electron chi connectivity index (χ0n) is 14.9. The van der Waals surface area contributed by atoms with Gasteiger partial charge in [-0.15, -0.1) is 0 Å². The lowest BCUT2D eigenvalue weighted by Gasteiger charge is -2.12. The van der Waals surface area contributed by atoms with Crippen molar-refractivity contribution in [1.29, 1.82) is 0 Å². The van der Waals surface area contributed by atoms with E-state index in [1.54, 1.807) is 18.0 Å². The number of hydrogen-bond donors (Lipinski definition) is 1. The van der Waals surface area contributed by atoms with Crippen molar-refractivity contribution in [1.82, 2.24) is 14.9 Å². The van der Waals surface area contributed by atoms with Crippen molar-refractivity contribution in [3.63, 3.8) is 0 Å². The number of rotatable bonds is 6. The van der Waals surface area contributed by atoms with Gasteiger partial charge in [0.15, 0.2) is 11.5 Å². The lowest BCUT2D eigenvalue weighted by atomic mass is 10.1. The predicted octanol–water partition coefficient (Wildman–Crippen LogP) is 4.03. The van der Waals surface area contributed by atoms with E-state index < -0.39 is 0 Å². The summed E-state index contributed by atoms with van der Waals surface area (Å²) >= 11 is 5.14. The molecule has 2 aromatic carbocycles. The summed E-state index contributed by atoms with van der Waals surface area (Å²) < 4.78 is 13.4. The second kappa shape index (κ2) is 7.97. The van der Waals surface area contributed by atoms with E-state index in [1.807, 2.05) is 37.3 Å². The molecule has 0 aliphatic heterocycles. The average Bonchev–Trinajstić information content (AvgIpc) is 2.97. The first-order valence-electron chi connectivity index (χ1n) is 8.12. The number of nitrogens with zero attached hydrogens (tertiary/aromatic N) is 3. The lowest BCUT2D eigenvalue weighted by Crippen LogP contribution is -2.00. The fourth-order valence-electron chi connectivity index (χ4n) is 2.44. The van der Waals surface area contributed by atoms with Crippen LogP contribution in [0.3, 0.4) is 0 Å². The van der Waals surface area contributed by atoms with Gasteiger partial charge in [-0.25, -0.2) is 0 Å². The second-order valence-corrected chi connectivity index (χ2v) is 6.14. The summed E-state index contributed by atoms with van der Waals surface area (Å²) in [5, 5.41) is 11.1. The van der Waals surface area contributed by atoms with Crippen LogP contribution in [0.4, 0.5) is 0 Å². The summed E-state index contributed by atoms with van der Waals surface area (Å²) in [6, 6.07) is 13.8. The Morgan fingerprint density at radius 2 is 2.00 bits per heavy atom. The Kier molecular flexibility index (Phi) is 5.48. The van der Waals surface area contributed by atoms with E-state index in [9.17, 15) is 0 Å². The van der Waals surface area contributed by atoms with Gasteiger partial charge in [0.1, 0.15) is 12.4 Å². The normalized spacial score (nSPS) is 11.0. The summed E-state index contributed by atoms with van der Waals surface area (Å²) in [6.45, 7) is 4.38. The van der Waals surface area contributed by atoms with E-state index in [0.717, 1.165) is 11.1 Å². The van der Waals surface area contributed by atoms with E-state index >= 15 is 0 Å². The minimum absolute atomic E-state index is 0.448. The van der Waals surface area contributed by atoms with E-state index in [-0.39, 0.29) is 0 Å². The Bertz CT molecular complexity index is 991. The smallest absolute Gasteiger partial charge is 0.216 e. The summed E-state index contributed by atoms with van der Waals surface area (Å²) in [5.41, 5.74) is 3.21. The van der Waals surface area contributed by atoms with Crippen molar-refractivity contribution >= 4 is 18.4 Å². The maximum absolute atomic E-state index is 5.93. The van der Waals surface area contributed by atoms with E-state index in [2.05, 4.69) is 34.4 Å². The molecule has 1 N–H and O–H groups in total. The number of H-pyrrole nitrogens is 1. The number of nitrogens with one attached hydrogen (secondary N) is 1. The molecule has 0 fully saturated rings. The molecule has 0 spiro atoms. The van der Waals surface area contributed by atoms with Gasteiger partial charge < -0.3 is 9.47 Å². The molecular formula is C19H20N4O2S. The van der Waals surface area contributed by atoms with Gasteiger partial charge in [-0.2, -0.15) is 14.9 Å². The zero-order chi connectivity index (χ0) is 18.5. The number of aryl methyl sites for hydroxylation is 2. The van der Waals surface area contributed by atoms with Gasteiger partial charge in [0.05, 0.1) is 13.3 Å². The number of ether oxygens (including phenoxy) is 2. The van der Waals surface area contributed by atoms with Crippen LogP contribution in [0.2, 0.25) is 0 Å². The third-order valence-corrected chi connectivity index (χ3v) is 4.23. The third kappa shape index (κ3) is 4.00. The van der Waals surface area contributed by atoms with Crippen molar-refractivity contribution in [2.75, 3.05) is 7.11 Å². The molecule has 7 heteroatoms. The molecule has 0 amide bonds. The molecule has 0 saturated heterocycles. The van der Waals surface area contributed by atoms with Crippen LogP contribution >= 0.6 is 12.2 Å². The topological polar surface area (TPSA) is 64.4 Å². The molecule has 1 heterocycles. The minimum atomic E-state index is 0.448. The van der Waals surface area contributed by atoms with Crippen molar-refractivity contribution in [2.24, 2.45) is 5.10 Å². The zero-order valence-corrected chi connectivity index (χ0v) is 15.7. The quantitative estimate of drug-likeness (QED) is 0.527. The molecule has 0 bridgehead atoms. The predicted molar refractivity (Wildman–Crippen MR) is 104 cm³/mol. The van der Waals surface area contributed by atoms with Crippen molar-refractivity contribution in [3.8, 4) is 11.5 Å². The van der Waals surface area contributed by atoms with Crippen molar-refractivity contribution in [2.45, 2.75) is 20.5 Å². The largest absolute Gasteiger partial charge is 0.493 e. The highest BCUT2D eigenvalue weighted by atomic mass is 32.1. The molecule has 0 aliphatic rings.